The number of amides is 3. The Balaban J connectivity index is 2.12. The topological polar surface area (TPSA) is 120 Å². The molecule has 0 fully saturated rings. The summed E-state index contributed by atoms with van der Waals surface area (Å²) in [6.45, 7) is 4.12. The first kappa shape index (κ1) is 24.0. The van der Waals surface area contributed by atoms with Crippen molar-refractivity contribution < 1.29 is 19.6 Å². The third kappa shape index (κ3) is 8.55. The van der Waals surface area contributed by atoms with Crippen molar-refractivity contribution in [2.24, 2.45) is 11.8 Å². The Labute approximate surface area is 182 Å². The highest BCUT2D eigenvalue weighted by atomic mass is 16.5. The zero-order valence-corrected chi connectivity index (χ0v) is 17.9. The summed E-state index contributed by atoms with van der Waals surface area (Å²) in [7, 11) is 0. The summed E-state index contributed by atoms with van der Waals surface area (Å²) in [5.41, 5.74) is 3.18. The summed E-state index contributed by atoms with van der Waals surface area (Å²) in [6.07, 6.45) is 2.25. The lowest BCUT2D eigenvalue weighted by Gasteiger charge is -2.23. The first-order valence-electron chi connectivity index (χ1n) is 10.3. The van der Waals surface area contributed by atoms with E-state index in [1.807, 2.05) is 50.2 Å². The molecule has 0 spiro atoms. The quantitative estimate of drug-likeness (QED) is 0.323. The molecule has 2 aromatic rings. The van der Waals surface area contributed by atoms with Gasteiger partial charge in [-0.05, 0) is 30.0 Å². The molecule has 0 radical (unpaired) electrons. The van der Waals surface area contributed by atoms with E-state index in [1.165, 1.54) is 0 Å². The van der Waals surface area contributed by atoms with Gasteiger partial charge >= 0.3 is 0 Å². The number of pyridine rings is 1. The maximum atomic E-state index is 12.9. The summed E-state index contributed by atoms with van der Waals surface area (Å²) in [4.78, 5) is 41.7. The molecule has 1 heterocycles. The third-order valence-electron chi connectivity index (χ3n) is 4.77. The van der Waals surface area contributed by atoms with Gasteiger partial charge in [0.05, 0.1) is 12.2 Å². The molecule has 2 atom stereocenters. The number of benzene rings is 1. The van der Waals surface area contributed by atoms with Gasteiger partial charge in [-0.25, -0.2) is 5.48 Å². The summed E-state index contributed by atoms with van der Waals surface area (Å²) in [5.74, 6) is -1.87. The predicted octanol–water partition coefficient (Wildman–Crippen LogP) is 1.98. The van der Waals surface area contributed by atoms with Crippen LogP contribution in [0.4, 0.5) is 0 Å². The fraction of sp³-hybridized carbons (Fsp3) is 0.391. The standard InChI is InChI=1S/C23H30N4O4/c1-16(2)12-18(14-21(28)27-31)22(29)26-20(13-17-8-4-3-5-9-17)23(30)25-15-19-10-6-7-11-24-19/h3-11,16,18,20,31H,12-15H2,1-2H3,(H,25,30)(H,26,29)(H,27,28)/t18-,20+/m1/s1. The maximum Gasteiger partial charge on any atom is 0.244 e. The van der Waals surface area contributed by atoms with Crippen molar-refractivity contribution in [2.75, 3.05) is 0 Å². The molecule has 166 valence electrons. The van der Waals surface area contributed by atoms with Gasteiger partial charge in [-0.2, -0.15) is 0 Å². The van der Waals surface area contributed by atoms with E-state index >= 15 is 0 Å². The number of hydrogen-bond donors (Lipinski definition) is 4. The first-order chi connectivity index (χ1) is 14.9. The minimum absolute atomic E-state index is 0.159. The van der Waals surface area contributed by atoms with Crippen molar-refractivity contribution in [1.29, 1.82) is 0 Å². The average Bonchev–Trinajstić information content (AvgIpc) is 2.77. The van der Waals surface area contributed by atoms with Gasteiger partial charge in [-0.15, -0.1) is 0 Å². The van der Waals surface area contributed by atoms with Crippen LogP contribution in [0.25, 0.3) is 0 Å². The van der Waals surface area contributed by atoms with Crippen molar-refractivity contribution in [3.63, 3.8) is 0 Å². The predicted molar refractivity (Wildman–Crippen MR) is 116 cm³/mol. The molecule has 0 aliphatic rings. The van der Waals surface area contributed by atoms with E-state index in [9.17, 15) is 14.4 Å². The molecule has 0 aliphatic carbocycles. The fourth-order valence-electron chi connectivity index (χ4n) is 3.27. The number of hydroxylamine groups is 1. The second kappa shape index (κ2) is 12.4. The monoisotopic (exact) mass is 426 g/mol. The highest BCUT2D eigenvalue weighted by Crippen LogP contribution is 2.17. The van der Waals surface area contributed by atoms with Gasteiger partial charge in [0, 0.05) is 25.0 Å². The summed E-state index contributed by atoms with van der Waals surface area (Å²) < 4.78 is 0. The zero-order valence-electron chi connectivity index (χ0n) is 17.9. The number of aromatic nitrogens is 1. The minimum Gasteiger partial charge on any atom is -0.349 e. The molecule has 0 bridgehead atoms. The normalized spacial score (nSPS) is 12.6. The molecule has 8 heteroatoms. The van der Waals surface area contributed by atoms with Crippen molar-refractivity contribution in [1.82, 2.24) is 21.1 Å². The molecule has 4 N–H and O–H groups in total. The molecule has 8 nitrogen and oxygen atoms in total. The Hall–Kier alpha value is -3.26. The molecule has 31 heavy (non-hydrogen) atoms. The van der Waals surface area contributed by atoms with E-state index in [1.54, 1.807) is 23.8 Å². The Morgan fingerprint density at radius 2 is 1.71 bits per heavy atom. The largest absolute Gasteiger partial charge is 0.349 e. The molecule has 0 unspecified atom stereocenters. The number of hydrogen-bond acceptors (Lipinski definition) is 5. The van der Waals surface area contributed by atoms with E-state index in [0.29, 0.717) is 18.5 Å². The van der Waals surface area contributed by atoms with Gasteiger partial charge in [0.2, 0.25) is 17.7 Å². The molecule has 3 amide bonds. The van der Waals surface area contributed by atoms with Crippen LogP contribution in [0.2, 0.25) is 0 Å². The van der Waals surface area contributed by atoms with Crippen LogP contribution in [-0.4, -0.2) is 34.0 Å². The molecular weight excluding hydrogens is 396 g/mol. The van der Waals surface area contributed by atoms with Crippen LogP contribution in [0.1, 0.15) is 37.9 Å². The zero-order chi connectivity index (χ0) is 22.6. The van der Waals surface area contributed by atoms with Crippen LogP contribution in [0.3, 0.4) is 0 Å². The van der Waals surface area contributed by atoms with Gasteiger partial charge in [0.25, 0.3) is 0 Å². The molecule has 2 rings (SSSR count). The molecule has 0 saturated heterocycles. The van der Waals surface area contributed by atoms with Crippen LogP contribution >= 0.6 is 0 Å². The third-order valence-corrected chi connectivity index (χ3v) is 4.77. The minimum atomic E-state index is -0.814. The van der Waals surface area contributed by atoms with E-state index in [0.717, 1.165) is 5.56 Å². The smallest absolute Gasteiger partial charge is 0.244 e. The molecule has 1 aromatic carbocycles. The SMILES string of the molecule is CC(C)C[C@H](CC(=O)NO)C(=O)N[C@@H](Cc1ccccc1)C(=O)NCc1ccccn1. The lowest BCUT2D eigenvalue weighted by molar-refractivity contribution is -0.136. The lowest BCUT2D eigenvalue weighted by atomic mass is 9.92. The van der Waals surface area contributed by atoms with E-state index in [4.69, 9.17) is 5.21 Å². The second-order valence-electron chi connectivity index (χ2n) is 7.86. The van der Waals surface area contributed by atoms with Crippen LogP contribution in [-0.2, 0) is 27.3 Å². The van der Waals surface area contributed by atoms with E-state index < -0.39 is 23.8 Å². The summed E-state index contributed by atoms with van der Waals surface area (Å²) in [5, 5.41) is 14.5. The van der Waals surface area contributed by atoms with E-state index in [-0.39, 0.29) is 24.8 Å². The molecule has 0 aliphatic heterocycles. The van der Waals surface area contributed by atoms with Crippen LogP contribution in [0.15, 0.2) is 54.7 Å². The average molecular weight is 427 g/mol. The van der Waals surface area contributed by atoms with Crippen LogP contribution in [0, 0.1) is 11.8 Å². The maximum absolute atomic E-state index is 12.9. The Bertz CT molecular complexity index is 843. The fourth-order valence-corrected chi connectivity index (χ4v) is 3.27. The van der Waals surface area contributed by atoms with Crippen molar-refractivity contribution in [2.45, 2.75) is 45.7 Å². The van der Waals surface area contributed by atoms with Gasteiger partial charge in [-0.3, -0.25) is 24.6 Å². The Morgan fingerprint density at radius 3 is 2.32 bits per heavy atom. The molecular formula is C23H30N4O4. The van der Waals surface area contributed by atoms with Gasteiger partial charge < -0.3 is 10.6 Å². The summed E-state index contributed by atoms with van der Waals surface area (Å²) >= 11 is 0. The van der Waals surface area contributed by atoms with Crippen LogP contribution < -0.4 is 16.1 Å². The highest BCUT2D eigenvalue weighted by Gasteiger charge is 2.28. The molecule has 0 saturated carbocycles. The Morgan fingerprint density at radius 1 is 1.00 bits per heavy atom. The lowest BCUT2D eigenvalue weighted by Crippen LogP contribution is -2.50. The second-order valence-corrected chi connectivity index (χ2v) is 7.86. The van der Waals surface area contributed by atoms with Gasteiger partial charge in [-0.1, -0.05) is 50.2 Å². The number of carbonyl (C=O) groups is 3. The number of nitrogens with one attached hydrogen (secondary N) is 3. The van der Waals surface area contributed by atoms with Gasteiger partial charge in [0.15, 0.2) is 0 Å². The van der Waals surface area contributed by atoms with Crippen molar-refractivity contribution >= 4 is 17.7 Å². The number of rotatable bonds is 11. The Kier molecular flexibility index (Phi) is 9.64. The highest BCUT2D eigenvalue weighted by molar-refractivity contribution is 5.90. The van der Waals surface area contributed by atoms with Crippen molar-refractivity contribution in [3.05, 3.63) is 66.0 Å². The first-order valence-corrected chi connectivity index (χ1v) is 10.3. The van der Waals surface area contributed by atoms with E-state index in [2.05, 4.69) is 15.6 Å². The van der Waals surface area contributed by atoms with Gasteiger partial charge in [0.1, 0.15) is 6.04 Å². The van der Waals surface area contributed by atoms with Crippen molar-refractivity contribution in [3.8, 4) is 0 Å². The van der Waals surface area contributed by atoms with Crippen LogP contribution in [0.5, 0.6) is 0 Å². The summed E-state index contributed by atoms with van der Waals surface area (Å²) in [6, 6.07) is 14.0. The molecule has 1 aromatic heterocycles. The number of nitrogens with zero attached hydrogens (tertiary/aromatic N) is 1. The number of carbonyl (C=O) groups excluding carboxylic acids is 3.